The molecule has 2 rings (SSSR count). The average molecular weight is 207 g/mol. The Labute approximate surface area is 89.9 Å². The van der Waals surface area contributed by atoms with E-state index in [2.05, 4.69) is 9.97 Å². The number of nitrogens with two attached hydrogens (primary N) is 1. The highest BCUT2D eigenvalue weighted by atomic mass is 16.5. The van der Waals surface area contributed by atoms with Crippen molar-refractivity contribution in [2.24, 2.45) is 0 Å². The fourth-order valence-electron chi connectivity index (χ4n) is 1.71. The van der Waals surface area contributed by atoms with Crippen LogP contribution in [0.4, 0.5) is 5.82 Å². The third-order valence-corrected chi connectivity index (χ3v) is 3.02. The average Bonchev–Trinajstić information content (AvgIpc) is 2.13. The summed E-state index contributed by atoms with van der Waals surface area (Å²) in [5.41, 5.74) is 6.84. The van der Waals surface area contributed by atoms with Gasteiger partial charge in [0.2, 0.25) is 0 Å². The lowest BCUT2D eigenvalue weighted by molar-refractivity contribution is 0.111. The molecule has 0 unspecified atom stereocenters. The number of ether oxygens (including phenoxy) is 1. The molecule has 0 radical (unpaired) electrons. The molecule has 1 saturated carbocycles. The van der Waals surface area contributed by atoms with Crippen LogP contribution in [0.15, 0.2) is 6.07 Å². The highest BCUT2D eigenvalue weighted by molar-refractivity contribution is 5.32. The highest BCUT2D eigenvalue weighted by Gasteiger charge is 2.22. The Balaban J connectivity index is 2.27. The summed E-state index contributed by atoms with van der Waals surface area (Å²) >= 11 is 0. The van der Waals surface area contributed by atoms with Crippen molar-refractivity contribution < 1.29 is 4.74 Å². The van der Waals surface area contributed by atoms with Gasteiger partial charge in [-0.15, -0.1) is 0 Å². The third-order valence-electron chi connectivity index (χ3n) is 3.02. The van der Waals surface area contributed by atoms with Gasteiger partial charge in [0.25, 0.3) is 0 Å². The zero-order chi connectivity index (χ0) is 10.8. The van der Waals surface area contributed by atoms with Gasteiger partial charge in [0.05, 0.1) is 0 Å². The molecule has 0 spiro atoms. The van der Waals surface area contributed by atoms with E-state index < -0.39 is 0 Å². The molecule has 0 aromatic carbocycles. The quantitative estimate of drug-likeness (QED) is 0.823. The van der Waals surface area contributed by atoms with E-state index in [-0.39, 0.29) is 6.10 Å². The molecule has 1 aliphatic rings. The Bertz CT molecular complexity index is 327. The first-order valence-corrected chi connectivity index (χ1v) is 5.38. The smallest absolute Gasteiger partial charge is 0.159 e. The highest BCUT2D eigenvalue weighted by Crippen LogP contribution is 2.36. The van der Waals surface area contributed by atoms with Crippen molar-refractivity contribution >= 4 is 5.82 Å². The van der Waals surface area contributed by atoms with Crippen LogP contribution in [-0.2, 0) is 4.74 Å². The monoisotopic (exact) mass is 207 g/mol. The van der Waals surface area contributed by atoms with Crippen LogP contribution in [0, 0.1) is 0 Å². The maximum absolute atomic E-state index is 5.76. The first-order chi connectivity index (χ1) is 7.20. The summed E-state index contributed by atoms with van der Waals surface area (Å²) in [6.07, 6.45) is 3.64. The molecule has 0 bridgehead atoms. The van der Waals surface area contributed by atoms with Crippen molar-refractivity contribution in [2.75, 3.05) is 12.8 Å². The Hall–Kier alpha value is -1.16. The van der Waals surface area contributed by atoms with Gasteiger partial charge < -0.3 is 10.5 Å². The van der Waals surface area contributed by atoms with E-state index in [4.69, 9.17) is 10.5 Å². The maximum atomic E-state index is 5.76. The van der Waals surface area contributed by atoms with E-state index in [9.17, 15) is 0 Å². The Morgan fingerprint density at radius 2 is 2.20 bits per heavy atom. The van der Waals surface area contributed by atoms with Crippen molar-refractivity contribution in [1.82, 2.24) is 9.97 Å². The van der Waals surface area contributed by atoms with Crippen LogP contribution < -0.4 is 5.73 Å². The molecule has 0 saturated heterocycles. The lowest BCUT2D eigenvalue weighted by Gasteiger charge is -2.25. The van der Waals surface area contributed by atoms with E-state index in [0.717, 1.165) is 5.69 Å². The van der Waals surface area contributed by atoms with E-state index >= 15 is 0 Å². The molecule has 4 nitrogen and oxygen atoms in total. The Morgan fingerprint density at radius 3 is 2.73 bits per heavy atom. The van der Waals surface area contributed by atoms with E-state index in [1.807, 2.05) is 13.0 Å². The van der Waals surface area contributed by atoms with Crippen LogP contribution in [0.25, 0.3) is 0 Å². The zero-order valence-corrected chi connectivity index (χ0v) is 9.23. The molecule has 1 fully saturated rings. The second kappa shape index (κ2) is 4.14. The van der Waals surface area contributed by atoms with Crippen molar-refractivity contribution in [1.29, 1.82) is 0 Å². The van der Waals surface area contributed by atoms with E-state index in [1.165, 1.54) is 19.3 Å². The molecule has 15 heavy (non-hydrogen) atoms. The second-order valence-corrected chi connectivity index (χ2v) is 4.08. The molecular weight excluding hydrogens is 190 g/mol. The molecule has 2 N–H and O–H groups in total. The molecule has 82 valence electrons. The van der Waals surface area contributed by atoms with Crippen LogP contribution in [0.3, 0.4) is 0 Å². The van der Waals surface area contributed by atoms with Gasteiger partial charge in [0.1, 0.15) is 11.9 Å². The molecule has 1 atom stereocenters. The van der Waals surface area contributed by atoms with Crippen LogP contribution in [0.1, 0.15) is 49.7 Å². The van der Waals surface area contributed by atoms with Gasteiger partial charge in [-0.05, 0) is 19.8 Å². The number of anilines is 1. The van der Waals surface area contributed by atoms with Crippen LogP contribution in [-0.4, -0.2) is 17.1 Å². The van der Waals surface area contributed by atoms with Gasteiger partial charge in [-0.2, -0.15) is 0 Å². The number of rotatable bonds is 3. The summed E-state index contributed by atoms with van der Waals surface area (Å²) in [6, 6.07) is 1.88. The van der Waals surface area contributed by atoms with Crippen LogP contribution >= 0.6 is 0 Å². The summed E-state index contributed by atoms with van der Waals surface area (Å²) in [5.74, 6) is 1.82. The fourth-order valence-corrected chi connectivity index (χ4v) is 1.71. The first kappa shape index (κ1) is 10.4. The minimum atomic E-state index is -0.0904. The number of nitrogen functional groups attached to an aromatic ring is 1. The summed E-state index contributed by atoms with van der Waals surface area (Å²) < 4.78 is 5.20. The largest absolute Gasteiger partial charge is 0.384 e. The molecule has 1 aliphatic carbocycles. The Kier molecular flexibility index (Phi) is 2.86. The fraction of sp³-hybridized carbons (Fsp3) is 0.636. The predicted octanol–water partition coefficient (Wildman–Crippen LogP) is 2.03. The molecule has 1 aromatic rings. The number of methoxy groups -OCH3 is 1. The number of nitrogens with zero attached hydrogens (tertiary/aromatic N) is 2. The van der Waals surface area contributed by atoms with Crippen LogP contribution in [0.5, 0.6) is 0 Å². The summed E-state index contributed by atoms with van der Waals surface area (Å²) in [6.45, 7) is 1.93. The lowest BCUT2D eigenvalue weighted by Crippen LogP contribution is -2.14. The summed E-state index contributed by atoms with van der Waals surface area (Å²) in [7, 11) is 1.65. The molecule has 1 heterocycles. The Morgan fingerprint density at radius 1 is 1.47 bits per heavy atom. The van der Waals surface area contributed by atoms with Crippen molar-refractivity contribution in [3.05, 3.63) is 17.6 Å². The number of aromatic nitrogens is 2. The van der Waals surface area contributed by atoms with Crippen molar-refractivity contribution in [2.45, 2.75) is 38.2 Å². The molecule has 1 aromatic heterocycles. The SMILES string of the molecule is CO[C@@H](C)c1nc(N)cc(C2CCC2)n1. The van der Waals surface area contributed by atoms with E-state index in [0.29, 0.717) is 17.6 Å². The summed E-state index contributed by atoms with van der Waals surface area (Å²) in [5, 5.41) is 0. The maximum Gasteiger partial charge on any atom is 0.159 e. The third kappa shape index (κ3) is 2.09. The van der Waals surface area contributed by atoms with Gasteiger partial charge >= 0.3 is 0 Å². The number of hydrogen-bond donors (Lipinski definition) is 1. The number of hydrogen-bond acceptors (Lipinski definition) is 4. The van der Waals surface area contributed by atoms with Crippen molar-refractivity contribution in [3.63, 3.8) is 0 Å². The standard InChI is InChI=1S/C11H17N3O/c1-7(15-2)11-13-9(6-10(12)14-11)8-4-3-5-8/h6-8H,3-5H2,1-2H3,(H2,12,13,14)/t7-/m0/s1. The molecule has 0 amide bonds. The zero-order valence-electron chi connectivity index (χ0n) is 9.23. The van der Waals surface area contributed by atoms with E-state index in [1.54, 1.807) is 7.11 Å². The lowest BCUT2D eigenvalue weighted by atomic mass is 9.83. The van der Waals surface area contributed by atoms with Gasteiger partial charge in [0, 0.05) is 24.8 Å². The first-order valence-electron chi connectivity index (χ1n) is 5.38. The predicted molar refractivity (Wildman–Crippen MR) is 58.5 cm³/mol. The minimum absolute atomic E-state index is 0.0904. The summed E-state index contributed by atoms with van der Waals surface area (Å²) in [4.78, 5) is 8.70. The molecular formula is C11H17N3O. The van der Waals surface area contributed by atoms with Gasteiger partial charge in [-0.1, -0.05) is 6.42 Å². The molecule has 4 heteroatoms. The van der Waals surface area contributed by atoms with Crippen molar-refractivity contribution in [3.8, 4) is 0 Å². The van der Waals surface area contributed by atoms with Gasteiger partial charge in [-0.25, -0.2) is 9.97 Å². The second-order valence-electron chi connectivity index (χ2n) is 4.08. The normalized spacial score (nSPS) is 18.5. The van der Waals surface area contributed by atoms with Crippen LogP contribution in [0.2, 0.25) is 0 Å². The molecule has 0 aliphatic heterocycles. The topological polar surface area (TPSA) is 61.0 Å². The van der Waals surface area contributed by atoms with Gasteiger partial charge in [0.15, 0.2) is 5.82 Å². The minimum Gasteiger partial charge on any atom is -0.384 e. The van der Waals surface area contributed by atoms with Gasteiger partial charge in [-0.3, -0.25) is 0 Å².